The van der Waals surface area contributed by atoms with Crippen molar-refractivity contribution in [2.75, 3.05) is 26.3 Å². The van der Waals surface area contributed by atoms with E-state index in [9.17, 15) is 4.79 Å². The van der Waals surface area contributed by atoms with Crippen LogP contribution in [0.5, 0.6) is 0 Å². The summed E-state index contributed by atoms with van der Waals surface area (Å²) in [7, 11) is 0. The lowest BCUT2D eigenvalue weighted by Gasteiger charge is -2.42. The Bertz CT molecular complexity index is 1030. The van der Waals surface area contributed by atoms with Crippen molar-refractivity contribution < 1.29 is 9.53 Å². The first kappa shape index (κ1) is 21.8. The van der Waals surface area contributed by atoms with Crippen LogP contribution >= 0.6 is 0 Å². The van der Waals surface area contributed by atoms with Crippen molar-refractivity contribution in [2.45, 2.75) is 58.3 Å². The number of benzene rings is 2. The lowest BCUT2D eigenvalue weighted by Crippen LogP contribution is -2.40. The zero-order valence-electron chi connectivity index (χ0n) is 19.7. The molecule has 0 atom stereocenters. The molecule has 2 aromatic carbocycles. The largest absolute Gasteiger partial charge is 0.378 e. The monoisotopic (exact) mass is 417 g/mol. The lowest BCUT2D eigenvalue weighted by molar-refractivity contribution is -0.128. The highest BCUT2D eigenvalue weighted by atomic mass is 16.5. The summed E-state index contributed by atoms with van der Waals surface area (Å²) in [5.74, 6) is 0.00509. The number of rotatable bonds is 3. The van der Waals surface area contributed by atoms with Crippen LogP contribution in [-0.4, -0.2) is 37.1 Å². The van der Waals surface area contributed by atoms with E-state index in [-0.39, 0.29) is 16.7 Å². The average molecular weight is 418 g/mol. The van der Waals surface area contributed by atoms with Crippen molar-refractivity contribution in [1.82, 2.24) is 4.90 Å². The van der Waals surface area contributed by atoms with Crippen LogP contribution < -0.4 is 0 Å². The second-order valence-corrected chi connectivity index (χ2v) is 10.4. The van der Waals surface area contributed by atoms with Gasteiger partial charge in [-0.05, 0) is 70.0 Å². The summed E-state index contributed by atoms with van der Waals surface area (Å²) in [5, 5.41) is 0. The minimum atomic E-state index is 0.00509. The number of hydrogen-bond donors (Lipinski definition) is 0. The van der Waals surface area contributed by atoms with E-state index >= 15 is 0 Å². The molecular weight excluding hydrogens is 382 g/mol. The topological polar surface area (TPSA) is 29.5 Å². The van der Waals surface area contributed by atoms with Crippen LogP contribution in [0.3, 0.4) is 0 Å². The molecule has 4 rings (SSSR count). The van der Waals surface area contributed by atoms with Gasteiger partial charge >= 0.3 is 0 Å². The zero-order chi connectivity index (χ0) is 22.4. The van der Waals surface area contributed by atoms with Gasteiger partial charge in [-0.3, -0.25) is 4.79 Å². The minimum absolute atomic E-state index is 0.00509. The number of ether oxygens (including phenoxy) is 1. The molecule has 0 N–H and O–H groups in total. The summed E-state index contributed by atoms with van der Waals surface area (Å²) in [6, 6.07) is 13.1. The molecule has 1 aliphatic carbocycles. The van der Waals surface area contributed by atoms with Gasteiger partial charge in [0.25, 0.3) is 5.91 Å². The Morgan fingerprint density at radius 2 is 1.58 bits per heavy atom. The summed E-state index contributed by atoms with van der Waals surface area (Å²) in [6.45, 7) is 18.2. The Hall–Kier alpha value is -2.39. The van der Waals surface area contributed by atoms with Crippen molar-refractivity contribution in [1.29, 1.82) is 0 Å². The van der Waals surface area contributed by atoms with Gasteiger partial charge in [-0.25, -0.2) is 0 Å². The predicted octanol–water partition coefficient (Wildman–Crippen LogP) is 5.88. The maximum Gasteiger partial charge on any atom is 0.254 e. The number of carbonyl (C=O) groups is 1. The van der Waals surface area contributed by atoms with Crippen LogP contribution in [0.15, 0.2) is 43.0 Å². The van der Waals surface area contributed by atoms with Crippen molar-refractivity contribution >= 4 is 11.5 Å². The first-order valence-corrected chi connectivity index (χ1v) is 11.4. The normalized spacial score (nSPS) is 19.6. The highest BCUT2D eigenvalue weighted by Crippen LogP contribution is 2.47. The smallest absolute Gasteiger partial charge is 0.254 e. The number of carbonyl (C=O) groups excluding carboxylic acids is 1. The Kier molecular flexibility index (Phi) is 5.59. The SMILES string of the molecule is C=C(C(=O)N1CCOCC1)c1cccc(-c2cc3c(cc2C)C(C)(C)CCC3(C)C)c1. The Morgan fingerprint density at radius 3 is 2.23 bits per heavy atom. The van der Waals surface area contributed by atoms with E-state index in [2.05, 4.69) is 65.5 Å². The quantitative estimate of drug-likeness (QED) is 0.583. The van der Waals surface area contributed by atoms with E-state index in [0.717, 1.165) is 11.1 Å². The third kappa shape index (κ3) is 4.08. The van der Waals surface area contributed by atoms with Crippen molar-refractivity contribution in [3.05, 3.63) is 65.2 Å². The second kappa shape index (κ2) is 7.94. The average Bonchev–Trinajstić information content (AvgIpc) is 2.76. The van der Waals surface area contributed by atoms with Gasteiger partial charge in [-0.15, -0.1) is 0 Å². The van der Waals surface area contributed by atoms with Crippen molar-refractivity contribution in [3.63, 3.8) is 0 Å². The van der Waals surface area contributed by atoms with Gasteiger partial charge in [0.15, 0.2) is 0 Å². The summed E-state index contributed by atoms with van der Waals surface area (Å²) in [5.41, 5.74) is 8.44. The molecule has 0 unspecified atom stereocenters. The maximum absolute atomic E-state index is 12.9. The molecule has 0 spiro atoms. The molecule has 0 radical (unpaired) electrons. The van der Waals surface area contributed by atoms with E-state index in [1.54, 1.807) is 0 Å². The lowest BCUT2D eigenvalue weighted by atomic mass is 9.62. The molecule has 3 nitrogen and oxygen atoms in total. The van der Waals surface area contributed by atoms with Gasteiger partial charge in [-0.1, -0.05) is 64.6 Å². The zero-order valence-corrected chi connectivity index (χ0v) is 19.7. The highest BCUT2D eigenvalue weighted by molar-refractivity contribution is 6.18. The van der Waals surface area contributed by atoms with Crippen molar-refractivity contribution in [2.24, 2.45) is 0 Å². The minimum Gasteiger partial charge on any atom is -0.378 e. The van der Waals surface area contributed by atoms with Gasteiger partial charge in [0.1, 0.15) is 0 Å². The molecule has 2 aliphatic rings. The number of fused-ring (bicyclic) bond motifs is 1. The van der Waals surface area contributed by atoms with E-state index in [0.29, 0.717) is 31.9 Å². The molecule has 0 aromatic heterocycles. The molecular formula is C28H35NO2. The first-order valence-electron chi connectivity index (χ1n) is 11.4. The van der Waals surface area contributed by atoms with Crippen LogP contribution in [0.25, 0.3) is 16.7 Å². The van der Waals surface area contributed by atoms with Crippen molar-refractivity contribution in [3.8, 4) is 11.1 Å². The highest BCUT2D eigenvalue weighted by Gasteiger charge is 2.37. The summed E-state index contributed by atoms with van der Waals surface area (Å²) >= 11 is 0. The van der Waals surface area contributed by atoms with Crippen LogP contribution in [0.2, 0.25) is 0 Å². The molecule has 3 heteroatoms. The van der Waals surface area contributed by atoms with Gasteiger partial charge in [0.05, 0.1) is 13.2 Å². The number of amides is 1. The van der Waals surface area contributed by atoms with Crippen LogP contribution in [0.1, 0.15) is 62.8 Å². The second-order valence-electron chi connectivity index (χ2n) is 10.4. The van der Waals surface area contributed by atoms with E-state index in [1.165, 1.54) is 35.1 Å². The van der Waals surface area contributed by atoms with Crippen LogP contribution in [-0.2, 0) is 20.4 Å². The maximum atomic E-state index is 12.9. The number of hydrogen-bond acceptors (Lipinski definition) is 2. The molecule has 0 bridgehead atoms. The summed E-state index contributed by atoms with van der Waals surface area (Å²) in [6.07, 6.45) is 2.41. The Morgan fingerprint density at radius 1 is 0.968 bits per heavy atom. The third-order valence-electron chi connectivity index (χ3n) is 7.28. The molecule has 31 heavy (non-hydrogen) atoms. The fourth-order valence-electron chi connectivity index (χ4n) is 4.99. The first-order chi connectivity index (χ1) is 14.6. The fourth-order valence-corrected chi connectivity index (χ4v) is 4.99. The number of nitrogens with zero attached hydrogens (tertiary/aromatic N) is 1. The fraction of sp³-hybridized carbons (Fsp3) is 0.464. The number of aryl methyl sites for hydroxylation is 1. The van der Waals surface area contributed by atoms with Gasteiger partial charge in [-0.2, -0.15) is 0 Å². The molecule has 2 aromatic rings. The molecule has 0 saturated carbocycles. The molecule has 1 amide bonds. The van der Waals surface area contributed by atoms with E-state index in [1.807, 2.05) is 17.0 Å². The third-order valence-corrected chi connectivity index (χ3v) is 7.28. The van der Waals surface area contributed by atoms with E-state index in [4.69, 9.17) is 4.74 Å². The van der Waals surface area contributed by atoms with Gasteiger partial charge in [0.2, 0.25) is 0 Å². The molecule has 1 saturated heterocycles. The summed E-state index contributed by atoms with van der Waals surface area (Å²) in [4.78, 5) is 14.8. The molecule has 164 valence electrons. The Balaban J connectivity index is 1.71. The standard InChI is InChI=1S/C28H35NO2/c1-19-16-24-25(28(5,6)11-10-27(24,3)4)18-23(19)22-9-7-8-21(17-22)20(2)26(30)29-12-14-31-15-13-29/h7-9,16-18H,2,10-15H2,1,3-6H3. The predicted molar refractivity (Wildman–Crippen MR) is 128 cm³/mol. The van der Waals surface area contributed by atoms with E-state index < -0.39 is 0 Å². The molecule has 1 aliphatic heterocycles. The summed E-state index contributed by atoms with van der Waals surface area (Å²) < 4.78 is 5.38. The van der Waals surface area contributed by atoms with Crippen LogP contribution in [0.4, 0.5) is 0 Å². The molecule has 1 fully saturated rings. The van der Waals surface area contributed by atoms with Gasteiger partial charge < -0.3 is 9.64 Å². The van der Waals surface area contributed by atoms with Gasteiger partial charge in [0, 0.05) is 18.7 Å². The number of morpholine rings is 1. The van der Waals surface area contributed by atoms with Crippen LogP contribution in [0, 0.1) is 6.92 Å². The molecule has 1 heterocycles. The Labute approximate surface area is 187 Å².